The highest BCUT2D eigenvalue weighted by molar-refractivity contribution is 6.47. The normalized spacial score (nSPS) is 12.7. The molecule has 0 aliphatic rings. The van der Waals surface area contributed by atoms with Crippen molar-refractivity contribution in [2.45, 2.75) is 92.3 Å². The number of nitrogens with zero attached hydrogens (tertiary/aromatic N) is 2. The maximum Gasteiger partial charge on any atom is 0.119 e. The molecule has 2 unspecified atom stereocenters. The first-order valence-electron chi connectivity index (χ1n) is 28.9. The van der Waals surface area contributed by atoms with E-state index in [-0.39, 0.29) is 12.2 Å². The van der Waals surface area contributed by atoms with E-state index in [1.54, 1.807) is 0 Å². The number of fused-ring (bicyclic) bond motifs is 6. The Morgan fingerprint density at radius 1 is 0.300 bits per heavy atom. The van der Waals surface area contributed by atoms with Gasteiger partial charge in [0.05, 0.1) is 23.6 Å². The summed E-state index contributed by atoms with van der Waals surface area (Å²) >= 11 is 0. The van der Waals surface area contributed by atoms with E-state index < -0.39 is 0 Å². The summed E-state index contributed by atoms with van der Waals surface area (Å²) in [5, 5.41) is 15.1. The van der Waals surface area contributed by atoms with Gasteiger partial charge in [-0.15, -0.1) is 0 Å². The molecule has 80 heavy (non-hydrogen) atoms. The van der Waals surface area contributed by atoms with Gasteiger partial charge in [0.25, 0.3) is 0 Å². The van der Waals surface area contributed by atoms with Crippen LogP contribution >= 0.6 is 0 Å². The Hall–Kier alpha value is -8.86. The van der Waals surface area contributed by atoms with Gasteiger partial charge in [-0.2, -0.15) is 0 Å². The molecule has 0 radical (unpaired) electrons. The van der Waals surface area contributed by atoms with Crippen LogP contribution in [0, 0.1) is 0 Å². The van der Waals surface area contributed by atoms with Crippen molar-refractivity contribution in [3.05, 3.63) is 230 Å². The summed E-state index contributed by atoms with van der Waals surface area (Å²) in [7, 11) is 0. The Bertz CT molecular complexity index is 3980. The molecule has 0 aliphatic heterocycles. The summed E-state index contributed by atoms with van der Waals surface area (Å²) in [5.41, 5.74) is 14.3. The zero-order valence-electron chi connectivity index (χ0n) is 47.2. The molecule has 0 fully saturated rings. The van der Waals surface area contributed by atoms with Gasteiger partial charge in [-0.05, 0) is 225 Å². The van der Waals surface area contributed by atoms with E-state index >= 15 is 0 Å². The van der Waals surface area contributed by atoms with Gasteiger partial charge in [-0.25, -0.2) is 0 Å². The number of rotatable bonds is 16. The number of anilines is 6. The van der Waals surface area contributed by atoms with Gasteiger partial charge in [0, 0.05) is 33.5 Å². The Kier molecular flexibility index (Phi) is 13.1. The summed E-state index contributed by atoms with van der Waals surface area (Å²) in [6, 6.07) is 81.6. The lowest BCUT2D eigenvalue weighted by Crippen LogP contribution is -2.11. The van der Waals surface area contributed by atoms with Gasteiger partial charge in [0.15, 0.2) is 0 Å². The Morgan fingerprint density at radius 2 is 0.613 bits per heavy atom. The Balaban J connectivity index is 1.11. The molecular formula is C76H68N2O2. The lowest BCUT2D eigenvalue weighted by Gasteiger charge is -2.28. The Morgan fingerprint density at radius 3 is 0.938 bits per heavy atom. The fraction of sp³-hybridized carbons (Fsp3) is 0.184. The van der Waals surface area contributed by atoms with Crippen molar-refractivity contribution in [3.8, 4) is 33.8 Å². The highest BCUT2D eigenvalue weighted by atomic mass is 16.5. The molecule has 13 rings (SSSR count). The molecular weight excluding hydrogens is 973 g/mol. The minimum atomic E-state index is 0.0808. The van der Waals surface area contributed by atoms with Crippen LogP contribution in [0.15, 0.2) is 218 Å². The average Bonchev–Trinajstić information content (AvgIpc) is 4.11. The summed E-state index contributed by atoms with van der Waals surface area (Å²) in [5.74, 6) is 2.67. The maximum atomic E-state index is 6.18. The maximum absolute atomic E-state index is 6.18. The highest BCUT2D eigenvalue weighted by Crippen LogP contribution is 2.58. The van der Waals surface area contributed by atoms with E-state index in [0.717, 1.165) is 58.5 Å². The van der Waals surface area contributed by atoms with Crippen molar-refractivity contribution < 1.29 is 9.47 Å². The molecule has 0 aromatic heterocycles. The molecule has 0 bridgehead atoms. The summed E-state index contributed by atoms with van der Waals surface area (Å²) in [4.78, 5) is 4.88. The zero-order valence-corrected chi connectivity index (χ0v) is 47.2. The molecule has 13 aromatic carbocycles. The standard InChI is InChI=1S/C76H68N2O2/c1-9-49(7)51-27-31-55(32-28-51)77(57-35-39-59(40-36-57)79-47(3)4)67-45-43-65-71-61(67)23-17-25-63(71)73-69(53-19-13-11-14-20-53)76-66-44-46-68(62-24-18-26-64(72(62)66)74(76)70(75(65)73)54-21-15-12-16-22-54)78(56-33-29-52(30-34-56)50(8)10-2)58-37-41-60(42-38-58)80-48(5)6/h11-50H,9-10H2,1-8H3. The van der Waals surface area contributed by atoms with E-state index in [4.69, 9.17) is 9.47 Å². The third-order valence-electron chi connectivity index (χ3n) is 16.8. The number of hydrogen-bond acceptors (Lipinski definition) is 4. The highest BCUT2D eigenvalue weighted by Gasteiger charge is 2.30. The summed E-state index contributed by atoms with van der Waals surface area (Å²) in [6.45, 7) is 17.5. The molecule has 4 heteroatoms. The fourth-order valence-corrected chi connectivity index (χ4v) is 12.7. The molecule has 0 saturated heterocycles. The first-order valence-corrected chi connectivity index (χ1v) is 28.9. The Labute approximate surface area is 471 Å². The fourth-order valence-electron chi connectivity index (χ4n) is 12.7. The monoisotopic (exact) mass is 1040 g/mol. The van der Waals surface area contributed by atoms with Crippen LogP contribution in [0.5, 0.6) is 11.5 Å². The molecule has 0 N–H and O–H groups in total. The van der Waals surface area contributed by atoms with Crippen molar-refractivity contribution in [3.63, 3.8) is 0 Å². The van der Waals surface area contributed by atoms with Crippen LogP contribution in [0.3, 0.4) is 0 Å². The van der Waals surface area contributed by atoms with Crippen LogP contribution in [0.1, 0.15) is 91.2 Å². The minimum absolute atomic E-state index is 0.0808. The number of ether oxygens (including phenoxy) is 2. The molecule has 0 heterocycles. The molecule has 394 valence electrons. The second-order valence-corrected chi connectivity index (χ2v) is 22.5. The molecule has 0 aliphatic carbocycles. The van der Waals surface area contributed by atoms with Gasteiger partial charge in [0.1, 0.15) is 11.5 Å². The van der Waals surface area contributed by atoms with Crippen LogP contribution in [0.4, 0.5) is 34.1 Å². The quantitative estimate of drug-likeness (QED) is 0.0963. The van der Waals surface area contributed by atoms with E-state index in [1.165, 1.54) is 98.0 Å². The van der Waals surface area contributed by atoms with Gasteiger partial charge in [0.2, 0.25) is 0 Å². The van der Waals surface area contributed by atoms with Crippen LogP contribution in [-0.2, 0) is 0 Å². The van der Waals surface area contributed by atoms with E-state index in [0.29, 0.717) is 11.8 Å². The predicted molar refractivity (Wildman–Crippen MR) is 343 cm³/mol. The molecule has 4 nitrogen and oxygen atoms in total. The van der Waals surface area contributed by atoms with Crippen LogP contribution < -0.4 is 19.3 Å². The first-order chi connectivity index (χ1) is 39.1. The minimum Gasteiger partial charge on any atom is -0.491 e. The lowest BCUT2D eigenvalue weighted by molar-refractivity contribution is 0.242. The smallest absolute Gasteiger partial charge is 0.119 e. The third-order valence-corrected chi connectivity index (χ3v) is 16.8. The van der Waals surface area contributed by atoms with Gasteiger partial charge < -0.3 is 19.3 Å². The second kappa shape index (κ2) is 20.7. The largest absolute Gasteiger partial charge is 0.491 e. The first kappa shape index (κ1) is 50.6. The zero-order chi connectivity index (χ0) is 54.8. The molecule has 0 amide bonds. The average molecular weight is 1040 g/mol. The SMILES string of the molecule is CCC(C)c1ccc(N(c2ccc(OC(C)C)cc2)c2ccc3c4c(-c5ccccc5)c5c6cccc7c(N(c8ccc(OC(C)C)cc8)c8ccc(C(C)CC)cc8)ccc(c5c(-c5ccccc5)c4c4cccc2c43)c76)cc1. The van der Waals surface area contributed by atoms with Gasteiger partial charge in [-0.3, -0.25) is 0 Å². The van der Waals surface area contributed by atoms with E-state index in [1.807, 2.05) is 0 Å². The van der Waals surface area contributed by atoms with Crippen molar-refractivity contribution >= 4 is 98.8 Å². The van der Waals surface area contributed by atoms with Gasteiger partial charge >= 0.3 is 0 Å². The van der Waals surface area contributed by atoms with Crippen molar-refractivity contribution in [1.29, 1.82) is 0 Å². The molecule has 2 atom stereocenters. The second-order valence-electron chi connectivity index (χ2n) is 22.5. The lowest BCUT2D eigenvalue weighted by atomic mass is 9.87. The molecule has 0 saturated carbocycles. The van der Waals surface area contributed by atoms with Crippen LogP contribution in [0.2, 0.25) is 0 Å². The van der Waals surface area contributed by atoms with E-state index in [2.05, 4.69) is 284 Å². The number of hydrogen-bond donors (Lipinski definition) is 0. The summed E-state index contributed by atoms with van der Waals surface area (Å²) < 4.78 is 12.4. The number of benzene rings is 11. The van der Waals surface area contributed by atoms with Crippen LogP contribution in [-0.4, -0.2) is 12.2 Å². The van der Waals surface area contributed by atoms with E-state index in [9.17, 15) is 0 Å². The van der Waals surface area contributed by atoms with Crippen molar-refractivity contribution in [1.82, 2.24) is 0 Å². The van der Waals surface area contributed by atoms with Crippen LogP contribution in [0.25, 0.3) is 86.9 Å². The van der Waals surface area contributed by atoms with Crippen molar-refractivity contribution in [2.24, 2.45) is 0 Å². The van der Waals surface area contributed by atoms with Gasteiger partial charge in [-0.1, -0.05) is 161 Å². The predicted octanol–water partition coefficient (Wildman–Crippen LogP) is 22.4. The third kappa shape index (κ3) is 8.61. The molecule has 13 aromatic rings. The van der Waals surface area contributed by atoms with Crippen molar-refractivity contribution in [2.75, 3.05) is 9.80 Å². The topological polar surface area (TPSA) is 24.9 Å². The molecule has 0 spiro atoms. The summed E-state index contributed by atoms with van der Waals surface area (Å²) in [6.07, 6.45) is 2.34.